The normalized spacial score (nSPS) is 6.17. The van der Waals surface area contributed by atoms with Gasteiger partial charge in [0.25, 0.3) is 0 Å². The molecule has 0 N–H and O–H groups in total. The van der Waals surface area contributed by atoms with Crippen molar-refractivity contribution in [3.05, 3.63) is 12.7 Å². The summed E-state index contributed by atoms with van der Waals surface area (Å²) in [6, 6.07) is 0. The van der Waals surface area contributed by atoms with E-state index in [1.54, 1.807) is 6.08 Å². The Balaban J connectivity index is 0. The van der Waals surface area contributed by atoms with Crippen LogP contribution in [0.3, 0.4) is 0 Å². The molecule has 1 nitrogen and oxygen atoms in total. The molecular formula is C4H7KO. The van der Waals surface area contributed by atoms with Crippen molar-refractivity contribution in [2.75, 3.05) is 6.61 Å². The van der Waals surface area contributed by atoms with Crippen molar-refractivity contribution in [2.24, 2.45) is 0 Å². The van der Waals surface area contributed by atoms with Crippen molar-refractivity contribution in [1.82, 2.24) is 0 Å². The van der Waals surface area contributed by atoms with Crippen molar-refractivity contribution in [2.45, 2.75) is 6.42 Å². The molecule has 0 aliphatic carbocycles. The summed E-state index contributed by atoms with van der Waals surface area (Å²) >= 11 is 0. The summed E-state index contributed by atoms with van der Waals surface area (Å²) in [6.07, 6.45) is 2.22. The van der Waals surface area contributed by atoms with E-state index in [2.05, 4.69) is 6.58 Å². The Kier molecular flexibility index (Phi) is 16.5. The first-order chi connectivity index (χ1) is 2.41. The van der Waals surface area contributed by atoms with E-state index in [1.807, 2.05) is 0 Å². The van der Waals surface area contributed by atoms with Crippen molar-refractivity contribution in [1.29, 1.82) is 0 Å². The van der Waals surface area contributed by atoms with Gasteiger partial charge in [-0.3, -0.25) is 0 Å². The third kappa shape index (κ3) is 9.01. The molecule has 0 fully saturated rings. The molecule has 0 aliphatic heterocycles. The first kappa shape index (κ1) is 10.3. The van der Waals surface area contributed by atoms with Crippen molar-refractivity contribution in [3.63, 3.8) is 0 Å². The molecule has 0 bridgehead atoms. The van der Waals surface area contributed by atoms with Crippen LogP contribution < -0.4 is 56.5 Å². The molecule has 0 aromatic carbocycles. The van der Waals surface area contributed by atoms with Gasteiger partial charge in [0.2, 0.25) is 0 Å². The minimum Gasteiger partial charge on any atom is -0.854 e. The summed E-state index contributed by atoms with van der Waals surface area (Å²) < 4.78 is 0. The molecule has 0 spiro atoms. The largest absolute Gasteiger partial charge is 1.00 e. The summed E-state index contributed by atoms with van der Waals surface area (Å²) in [5.74, 6) is 0. The second-order valence-corrected chi connectivity index (χ2v) is 0.781. The molecule has 0 heterocycles. The Morgan fingerprint density at radius 3 is 2.17 bits per heavy atom. The van der Waals surface area contributed by atoms with E-state index in [-0.39, 0.29) is 58.0 Å². The molecule has 30 valence electrons. The zero-order valence-electron chi connectivity index (χ0n) is 4.11. The van der Waals surface area contributed by atoms with Crippen LogP contribution in [-0.4, -0.2) is 6.61 Å². The number of hydrogen-bond acceptors (Lipinski definition) is 1. The van der Waals surface area contributed by atoms with Gasteiger partial charge in [-0.25, -0.2) is 0 Å². The Morgan fingerprint density at radius 2 is 2.17 bits per heavy atom. The topological polar surface area (TPSA) is 23.1 Å². The summed E-state index contributed by atoms with van der Waals surface area (Å²) in [5.41, 5.74) is 0. The van der Waals surface area contributed by atoms with E-state index < -0.39 is 0 Å². The Hall–Kier alpha value is 1.34. The summed E-state index contributed by atoms with van der Waals surface area (Å²) in [7, 11) is 0. The molecule has 0 saturated carbocycles. The second kappa shape index (κ2) is 9.60. The molecule has 0 aromatic heterocycles. The SMILES string of the molecule is C=CCC[O-].[K+]. The molecule has 0 radical (unpaired) electrons. The number of rotatable bonds is 2. The van der Waals surface area contributed by atoms with Crippen LogP contribution in [0.1, 0.15) is 6.42 Å². The van der Waals surface area contributed by atoms with E-state index in [9.17, 15) is 5.11 Å². The fourth-order valence-corrected chi connectivity index (χ4v) is 0.0833. The molecule has 0 atom stereocenters. The molecule has 0 aliphatic rings. The van der Waals surface area contributed by atoms with Crippen molar-refractivity contribution in [3.8, 4) is 0 Å². The molecule has 0 amide bonds. The van der Waals surface area contributed by atoms with E-state index in [0.29, 0.717) is 6.42 Å². The molecule has 0 aromatic rings. The van der Waals surface area contributed by atoms with Crippen LogP contribution in [0.2, 0.25) is 0 Å². The monoisotopic (exact) mass is 110 g/mol. The molecule has 6 heavy (non-hydrogen) atoms. The van der Waals surface area contributed by atoms with Gasteiger partial charge in [0.15, 0.2) is 0 Å². The second-order valence-electron chi connectivity index (χ2n) is 0.781. The fraction of sp³-hybridized carbons (Fsp3) is 0.500. The van der Waals surface area contributed by atoms with Crippen LogP contribution >= 0.6 is 0 Å². The zero-order chi connectivity index (χ0) is 4.12. The zero-order valence-corrected chi connectivity index (χ0v) is 7.23. The Bertz CT molecular complexity index is 28.7. The van der Waals surface area contributed by atoms with Crippen molar-refractivity contribution < 1.29 is 56.5 Å². The Morgan fingerprint density at radius 1 is 1.67 bits per heavy atom. The van der Waals surface area contributed by atoms with Gasteiger partial charge in [-0.2, -0.15) is 0 Å². The predicted octanol–water partition coefficient (Wildman–Crippen LogP) is -3.07. The minimum absolute atomic E-state index is 0. The maximum absolute atomic E-state index is 9.46. The quantitative estimate of drug-likeness (QED) is 0.273. The van der Waals surface area contributed by atoms with E-state index in [1.165, 1.54) is 0 Å². The maximum Gasteiger partial charge on any atom is 1.00 e. The molecule has 0 unspecified atom stereocenters. The molecule has 0 saturated heterocycles. The predicted molar refractivity (Wildman–Crippen MR) is 19.7 cm³/mol. The van der Waals surface area contributed by atoms with Gasteiger partial charge >= 0.3 is 51.4 Å². The van der Waals surface area contributed by atoms with Crippen LogP contribution in [0.15, 0.2) is 12.7 Å². The maximum atomic E-state index is 9.46. The van der Waals surface area contributed by atoms with Gasteiger partial charge in [0.05, 0.1) is 0 Å². The summed E-state index contributed by atoms with van der Waals surface area (Å²) in [6.45, 7) is 3.33. The van der Waals surface area contributed by atoms with Crippen LogP contribution in [0.25, 0.3) is 0 Å². The van der Waals surface area contributed by atoms with Crippen LogP contribution in [0, 0.1) is 0 Å². The molecular weight excluding hydrogens is 103 g/mol. The van der Waals surface area contributed by atoms with Gasteiger partial charge in [0.1, 0.15) is 0 Å². The first-order valence-electron chi connectivity index (χ1n) is 1.61. The van der Waals surface area contributed by atoms with Gasteiger partial charge in [-0.05, 0) is 0 Å². The van der Waals surface area contributed by atoms with Gasteiger partial charge < -0.3 is 5.11 Å². The summed E-state index contributed by atoms with van der Waals surface area (Å²) in [5, 5.41) is 9.46. The average molecular weight is 110 g/mol. The smallest absolute Gasteiger partial charge is 0.854 e. The Labute approximate surface area is 80.9 Å². The first-order valence-corrected chi connectivity index (χ1v) is 1.61. The third-order valence-corrected chi connectivity index (χ3v) is 0.322. The molecule has 0 rings (SSSR count). The number of hydrogen-bond donors (Lipinski definition) is 0. The van der Waals surface area contributed by atoms with Crippen LogP contribution in [0.5, 0.6) is 0 Å². The molecule has 2 heteroatoms. The summed E-state index contributed by atoms with van der Waals surface area (Å²) in [4.78, 5) is 0. The van der Waals surface area contributed by atoms with E-state index in [4.69, 9.17) is 0 Å². The fourth-order valence-electron chi connectivity index (χ4n) is 0.0833. The van der Waals surface area contributed by atoms with E-state index in [0.717, 1.165) is 0 Å². The average Bonchev–Trinajstić information content (AvgIpc) is 1.41. The third-order valence-electron chi connectivity index (χ3n) is 0.322. The van der Waals surface area contributed by atoms with Gasteiger partial charge in [-0.15, -0.1) is 13.2 Å². The van der Waals surface area contributed by atoms with Crippen LogP contribution in [0.4, 0.5) is 0 Å². The van der Waals surface area contributed by atoms with Gasteiger partial charge in [-0.1, -0.05) is 12.5 Å². The van der Waals surface area contributed by atoms with Crippen LogP contribution in [-0.2, 0) is 0 Å². The van der Waals surface area contributed by atoms with Crippen molar-refractivity contribution >= 4 is 0 Å². The standard InChI is InChI=1S/C4H7O.K/c1-2-3-4-5;/h2H,1,3-4H2;/q-1;+1. The minimum atomic E-state index is -0.0243. The van der Waals surface area contributed by atoms with Gasteiger partial charge in [0, 0.05) is 0 Å². The van der Waals surface area contributed by atoms with E-state index >= 15 is 0 Å².